The van der Waals surface area contributed by atoms with Gasteiger partial charge in [-0.3, -0.25) is 9.36 Å². The second-order valence-electron chi connectivity index (χ2n) is 2.42. The normalized spacial score (nSPS) is 12.9. The Morgan fingerprint density at radius 2 is 2.31 bits per heavy atom. The number of fused-ring (bicyclic) bond motifs is 1. The average Bonchev–Trinajstić information content (AvgIpc) is 2.45. The molecule has 3 N–H and O–H groups in total. The summed E-state index contributed by atoms with van der Waals surface area (Å²) < 4.78 is 6.03. The van der Waals surface area contributed by atoms with Gasteiger partial charge in [-0.25, -0.2) is 0 Å². The van der Waals surface area contributed by atoms with Crippen molar-refractivity contribution in [3.05, 3.63) is 27.4 Å². The van der Waals surface area contributed by atoms with Gasteiger partial charge in [0.05, 0.1) is 0 Å². The van der Waals surface area contributed by atoms with Crippen molar-refractivity contribution in [3.63, 3.8) is 0 Å². The fourth-order valence-corrected chi connectivity index (χ4v) is 1.09. The van der Waals surface area contributed by atoms with Crippen LogP contribution in [-0.2, 0) is 4.74 Å². The highest BCUT2D eigenvalue weighted by Crippen LogP contribution is 1.86. The Balaban J connectivity index is 3.01. The first-order valence-corrected chi connectivity index (χ1v) is 3.45. The summed E-state index contributed by atoms with van der Waals surface area (Å²) in [7, 11) is 0. The minimum Gasteiger partial charge on any atom is -0.478 e. The van der Waals surface area contributed by atoms with E-state index in [-0.39, 0.29) is 10.8 Å². The van der Waals surface area contributed by atoms with E-state index in [1.165, 1.54) is 23.3 Å². The molecule has 0 fully saturated rings. The van der Waals surface area contributed by atoms with E-state index in [0.717, 1.165) is 0 Å². The lowest BCUT2D eigenvalue weighted by Crippen LogP contribution is -2.31. The smallest absolute Gasteiger partial charge is 0.317 e. The molecule has 0 aliphatic carbocycles. The molecule has 6 nitrogen and oxygen atoms in total. The molecule has 1 aliphatic rings. The van der Waals surface area contributed by atoms with Gasteiger partial charge in [0.2, 0.25) is 5.48 Å². The van der Waals surface area contributed by atoms with Gasteiger partial charge < -0.3 is 19.9 Å². The summed E-state index contributed by atoms with van der Waals surface area (Å²) in [6, 6.07) is 0. The summed E-state index contributed by atoms with van der Waals surface area (Å²) in [5, 5.41) is 17.8. The van der Waals surface area contributed by atoms with Gasteiger partial charge >= 0.3 is 5.95 Å². The number of imidazole rings is 1. The molecule has 6 heteroatoms. The number of nitrogens with one attached hydrogen (secondary N) is 1. The predicted molar refractivity (Wildman–Crippen MR) is 43.8 cm³/mol. The van der Waals surface area contributed by atoms with Crippen LogP contribution in [0.5, 0.6) is 0 Å². The zero-order valence-electron chi connectivity index (χ0n) is 6.39. The lowest BCUT2D eigenvalue weighted by molar-refractivity contribution is 0.293. The number of aromatic nitrogens is 2. The maximum atomic E-state index is 11.1. The molecule has 2 rings (SSSR count). The first-order valence-electron chi connectivity index (χ1n) is 3.45. The molecule has 0 atom stereocenters. The first kappa shape index (κ1) is 7.53. The van der Waals surface area contributed by atoms with Gasteiger partial charge in [-0.2, -0.15) is 0 Å². The van der Waals surface area contributed by atoms with Gasteiger partial charge in [-0.1, -0.05) is 0 Å². The number of hydrogen-bond acceptors (Lipinski definition) is 4. The molecule has 0 saturated carbocycles. The Morgan fingerprint density at radius 1 is 1.54 bits per heavy atom. The molecule has 1 aliphatic heterocycles. The quantitative estimate of drug-likeness (QED) is 0.458. The summed E-state index contributed by atoms with van der Waals surface area (Å²) in [4.78, 5) is 13.4. The monoisotopic (exact) mass is 182 g/mol. The molecule has 0 aromatic carbocycles. The Bertz CT molecular complexity index is 530. The van der Waals surface area contributed by atoms with Crippen molar-refractivity contribution in [1.29, 1.82) is 0 Å². The maximum absolute atomic E-state index is 11.1. The summed E-state index contributed by atoms with van der Waals surface area (Å²) >= 11 is 0. The van der Waals surface area contributed by atoms with Crippen LogP contribution in [0.15, 0.2) is 11.1 Å². The van der Waals surface area contributed by atoms with Gasteiger partial charge in [-0.05, 0) is 0 Å². The standard InChI is InChI=1S/C7H6N2O4/c10-6-4-3-13-2-1-9(4)5(8-6)7(11)12/h1-3,11-12H,(H,8,10). The van der Waals surface area contributed by atoms with Crippen LogP contribution in [0.1, 0.15) is 0 Å². The van der Waals surface area contributed by atoms with Crippen LogP contribution >= 0.6 is 0 Å². The highest BCUT2D eigenvalue weighted by molar-refractivity contribution is 5.32. The first-order chi connectivity index (χ1) is 6.20. The average molecular weight is 182 g/mol. The molecular weight excluding hydrogens is 176 g/mol. The number of rotatable bonds is 0. The van der Waals surface area contributed by atoms with Crippen molar-refractivity contribution in [1.82, 2.24) is 9.55 Å². The van der Waals surface area contributed by atoms with Crippen molar-refractivity contribution in [2.45, 2.75) is 0 Å². The molecule has 0 spiro atoms. The summed E-state index contributed by atoms with van der Waals surface area (Å²) in [6.45, 7) is 0. The molecular formula is C7H6N2O4. The van der Waals surface area contributed by atoms with Crippen LogP contribution in [0, 0.1) is 0 Å². The van der Waals surface area contributed by atoms with Gasteiger partial charge in [-0.15, -0.1) is 0 Å². The number of H-pyrrole nitrogens is 1. The zero-order chi connectivity index (χ0) is 9.42. The molecule has 1 aromatic rings. The lowest BCUT2D eigenvalue weighted by atomic mass is 10.6. The molecule has 1 aromatic heterocycles. The Morgan fingerprint density at radius 3 is 3.00 bits per heavy atom. The van der Waals surface area contributed by atoms with Crippen LogP contribution in [-0.4, -0.2) is 19.8 Å². The lowest BCUT2D eigenvalue weighted by Gasteiger charge is -1.99. The number of aliphatic hydroxyl groups excluding tert-OH is 1. The van der Waals surface area contributed by atoms with Crippen LogP contribution in [0.2, 0.25) is 0 Å². The summed E-state index contributed by atoms with van der Waals surface area (Å²) in [5.74, 6) is -0.941. The molecule has 0 unspecified atom stereocenters. The Hall–Kier alpha value is -2.11. The predicted octanol–water partition coefficient (Wildman–Crippen LogP) is -1.45. The second-order valence-corrected chi connectivity index (χ2v) is 2.42. The van der Waals surface area contributed by atoms with E-state index in [0.29, 0.717) is 0 Å². The minimum absolute atomic E-state index is 0.0733. The van der Waals surface area contributed by atoms with Crippen LogP contribution in [0.4, 0.5) is 0 Å². The van der Waals surface area contributed by atoms with Crippen molar-refractivity contribution in [2.75, 3.05) is 0 Å². The Labute approximate surface area is 71.3 Å². The fraction of sp³-hybridized carbons (Fsp3) is 0. The van der Waals surface area contributed by atoms with E-state index < -0.39 is 11.5 Å². The van der Waals surface area contributed by atoms with Gasteiger partial charge in [0.1, 0.15) is 17.9 Å². The third-order valence-corrected chi connectivity index (χ3v) is 1.64. The van der Waals surface area contributed by atoms with Crippen molar-refractivity contribution in [2.24, 2.45) is 0 Å². The minimum atomic E-state index is -0.941. The van der Waals surface area contributed by atoms with Gasteiger partial charge in [0, 0.05) is 6.20 Å². The van der Waals surface area contributed by atoms with Crippen LogP contribution in [0.3, 0.4) is 0 Å². The van der Waals surface area contributed by atoms with E-state index >= 15 is 0 Å². The van der Waals surface area contributed by atoms with Crippen LogP contribution < -0.4 is 16.4 Å². The molecule has 2 heterocycles. The fourth-order valence-electron chi connectivity index (χ4n) is 1.09. The number of aromatic amines is 1. The van der Waals surface area contributed by atoms with E-state index in [2.05, 4.69) is 4.98 Å². The van der Waals surface area contributed by atoms with E-state index in [9.17, 15) is 4.79 Å². The molecule has 13 heavy (non-hydrogen) atoms. The third kappa shape index (κ3) is 0.994. The molecule has 0 amide bonds. The molecule has 0 saturated heterocycles. The second kappa shape index (κ2) is 2.44. The highest BCUT2D eigenvalue weighted by Gasteiger charge is 2.06. The van der Waals surface area contributed by atoms with Gasteiger partial charge in [0.15, 0.2) is 0 Å². The number of hydrogen-bond donors (Lipinski definition) is 3. The number of aliphatic hydroxyl groups is 2. The number of nitrogens with zero attached hydrogens (tertiary/aromatic N) is 1. The van der Waals surface area contributed by atoms with Crippen molar-refractivity contribution < 1.29 is 14.9 Å². The Kier molecular flexibility index (Phi) is 1.42. The van der Waals surface area contributed by atoms with Crippen molar-refractivity contribution >= 4 is 18.4 Å². The SMILES string of the molecule is O=c1[nH]c(=C(O)O)n2c1=COC=C2. The molecule has 68 valence electrons. The topological polar surface area (TPSA) is 87.5 Å². The maximum Gasteiger partial charge on any atom is 0.317 e. The largest absolute Gasteiger partial charge is 0.478 e. The van der Waals surface area contributed by atoms with Crippen molar-refractivity contribution in [3.8, 4) is 0 Å². The van der Waals surface area contributed by atoms with E-state index in [1.807, 2.05) is 0 Å². The third-order valence-electron chi connectivity index (χ3n) is 1.64. The molecule has 0 bridgehead atoms. The summed E-state index contributed by atoms with van der Waals surface area (Å²) in [5.41, 5.74) is -0.518. The number of ether oxygens (including phenoxy) is 1. The zero-order valence-corrected chi connectivity index (χ0v) is 6.39. The van der Waals surface area contributed by atoms with E-state index in [4.69, 9.17) is 14.9 Å². The van der Waals surface area contributed by atoms with E-state index in [1.54, 1.807) is 0 Å². The molecule has 0 radical (unpaired) electrons. The van der Waals surface area contributed by atoms with Gasteiger partial charge in [0.25, 0.3) is 5.56 Å². The van der Waals surface area contributed by atoms with Crippen LogP contribution in [0.25, 0.3) is 18.4 Å². The highest BCUT2D eigenvalue weighted by atomic mass is 16.5. The summed E-state index contributed by atoms with van der Waals surface area (Å²) in [6.07, 6.45) is 3.92.